The van der Waals surface area contributed by atoms with Gasteiger partial charge in [-0.3, -0.25) is 19.9 Å². The van der Waals surface area contributed by atoms with E-state index < -0.39 is 47.4 Å². The first kappa shape index (κ1) is 29.5. The number of nitrogens with zero attached hydrogens (tertiary/aromatic N) is 2. The first-order valence-electron chi connectivity index (χ1n) is 12.8. The van der Waals surface area contributed by atoms with Crippen molar-refractivity contribution < 1.29 is 41.4 Å². The number of carbonyl (C=O) groups is 1. The largest absolute Gasteiger partial charge is 0.497 e. The molecule has 1 amide bonds. The number of piperidine rings is 1. The molecule has 0 radical (unpaired) electrons. The number of halogens is 5. The van der Waals surface area contributed by atoms with Gasteiger partial charge in [-0.2, -0.15) is 0 Å². The molecule has 1 atom stereocenters. The van der Waals surface area contributed by atoms with Crippen molar-refractivity contribution >= 4 is 16.8 Å². The number of pyridine rings is 1. The average Bonchev–Trinajstić information content (AvgIpc) is 2.96. The maximum Gasteiger partial charge on any atom is 0.249 e. The quantitative estimate of drug-likeness (QED) is 0.179. The number of rotatable bonds is 11. The predicted molar refractivity (Wildman–Crippen MR) is 136 cm³/mol. The zero-order valence-electron chi connectivity index (χ0n) is 21.9. The molecule has 1 saturated heterocycles. The van der Waals surface area contributed by atoms with Crippen LogP contribution in [0, 0.1) is 22.9 Å². The van der Waals surface area contributed by atoms with Gasteiger partial charge in [0.05, 0.1) is 18.0 Å². The van der Waals surface area contributed by atoms with E-state index in [-0.39, 0.29) is 50.0 Å². The number of aromatic nitrogens is 1. The number of nitrogens with one attached hydrogen (secondary N) is 1. The van der Waals surface area contributed by atoms with Gasteiger partial charge in [0.1, 0.15) is 31.0 Å². The minimum Gasteiger partial charge on any atom is -0.497 e. The molecule has 1 aliphatic heterocycles. The molecule has 2 N–H and O–H groups in total. The lowest BCUT2D eigenvalue weighted by atomic mass is 9.73. The summed E-state index contributed by atoms with van der Waals surface area (Å²) < 4.78 is 80.7. The van der Waals surface area contributed by atoms with Crippen LogP contribution in [0.15, 0.2) is 36.5 Å². The molecule has 2 heterocycles. The molecule has 4 rings (SSSR count). The Balaban J connectivity index is 1.42. The Bertz CT molecular complexity index is 1320. The molecule has 7 nitrogen and oxygen atoms in total. The first-order chi connectivity index (χ1) is 19.2. The minimum absolute atomic E-state index is 0.0798. The Morgan fingerprint density at radius 2 is 1.88 bits per heavy atom. The number of hydrogen-bond acceptors (Lipinski definition) is 6. The molecule has 1 aromatic heterocycles. The summed E-state index contributed by atoms with van der Waals surface area (Å²) in [5.41, 5.74) is 1.36. The van der Waals surface area contributed by atoms with Crippen molar-refractivity contribution in [3.63, 3.8) is 0 Å². The molecule has 12 heteroatoms. The lowest BCUT2D eigenvalue weighted by molar-refractivity contribution is -0.143. The van der Waals surface area contributed by atoms with Crippen LogP contribution in [-0.4, -0.2) is 54.3 Å². The number of hydroxylamine groups is 1. The Hall–Kier alpha value is -3.51. The van der Waals surface area contributed by atoms with Gasteiger partial charge in [0.2, 0.25) is 5.91 Å². The van der Waals surface area contributed by atoms with Crippen LogP contribution < -0.4 is 15.0 Å². The lowest BCUT2D eigenvalue weighted by Gasteiger charge is -2.40. The van der Waals surface area contributed by atoms with Crippen LogP contribution in [0.25, 0.3) is 10.9 Å². The summed E-state index contributed by atoms with van der Waals surface area (Å²) in [6.07, 6.45) is 0.202. The van der Waals surface area contributed by atoms with Crippen LogP contribution in [-0.2, 0) is 11.5 Å². The average molecular weight is 568 g/mol. The third-order valence-electron chi connectivity index (χ3n) is 7.55. The molecule has 40 heavy (non-hydrogen) atoms. The van der Waals surface area contributed by atoms with Gasteiger partial charge in [-0.05, 0) is 57.0 Å². The van der Waals surface area contributed by atoms with Crippen molar-refractivity contribution in [3.8, 4) is 11.5 Å². The fourth-order valence-corrected chi connectivity index (χ4v) is 5.24. The van der Waals surface area contributed by atoms with Crippen molar-refractivity contribution in [3.05, 3.63) is 65.1 Å². The van der Waals surface area contributed by atoms with Crippen LogP contribution in [0.1, 0.15) is 43.0 Å². The van der Waals surface area contributed by atoms with Crippen molar-refractivity contribution in [2.24, 2.45) is 5.41 Å². The Morgan fingerprint density at radius 3 is 2.50 bits per heavy atom. The molecule has 216 valence electrons. The number of hydrogen-bond donors (Lipinski definition) is 2. The number of benzene rings is 2. The van der Waals surface area contributed by atoms with Gasteiger partial charge in [0.15, 0.2) is 17.4 Å². The Morgan fingerprint density at radius 1 is 1.18 bits per heavy atom. The lowest BCUT2D eigenvalue weighted by Crippen LogP contribution is -2.49. The monoisotopic (exact) mass is 567 g/mol. The third-order valence-corrected chi connectivity index (χ3v) is 7.55. The van der Waals surface area contributed by atoms with Gasteiger partial charge in [0.25, 0.3) is 0 Å². The molecule has 3 aromatic rings. The van der Waals surface area contributed by atoms with E-state index in [0.717, 1.165) is 0 Å². The van der Waals surface area contributed by atoms with Gasteiger partial charge in [-0.15, -0.1) is 0 Å². The summed E-state index contributed by atoms with van der Waals surface area (Å²) in [5, 5.41) is 9.85. The van der Waals surface area contributed by atoms with Crippen LogP contribution in [0.4, 0.5) is 22.0 Å². The zero-order chi connectivity index (χ0) is 28.9. The van der Waals surface area contributed by atoms with Crippen LogP contribution in [0.2, 0.25) is 0 Å². The summed E-state index contributed by atoms with van der Waals surface area (Å²) in [7, 11) is 1.47. The number of carbonyl (C=O) groups excluding carboxylic acids is 1. The maximum absolute atomic E-state index is 15.8. The highest BCUT2D eigenvalue weighted by molar-refractivity contribution is 5.85. The molecular weight excluding hydrogens is 537 g/mol. The molecule has 2 aromatic carbocycles. The van der Waals surface area contributed by atoms with Crippen LogP contribution >= 0.6 is 0 Å². The fourth-order valence-electron chi connectivity index (χ4n) is 5.24. The molecule has 1 fully saturated rings. The Kier molecular flexibility index (Phi) is 9.41. The highest BCUT2D eigenvalue weighted by Crippen LogP contribution is 2.41. The highest BCUT2D eigenvalue weighted by atomic mass is 19.2. The van der Waals surface area contributed by atoms with Crippen molar-refractivity contribution in [1.29, 1.82) is 0 Å². The molecule has 0 saturated carbocycles. The van der Waals surface area contributed by atoms with Crippen molar-refractivity contribution in [1.82, 2.24) is 15.4 Å². The number of methoxy groups -OCH3 is 1. The van der Waals surface area contributed by atoms with Crippen molar-refractivity contribution in [2.45, 2.75) is 38.5 Å². The van der Waals surface area contributed by atoms with E-state index in [2.05, 4.69) is 4.98 Å². The van der Waals surface area contributed by atoms with E-state index in [0.29, 0.717) is 41.9 Å². The fraction of sp³-hybridized carbons (Fsp3) is 0.429. The summed E-state index contributed by atoms with van der Waals surface area (Å²) >= 11 is 0. The van der Waals surface area contributed by atoms with Gasteiger partial charge < -0.3 is 9.47 Å². The zero-order valence-corrected chi connectivity index (χ0v) is 21.9. The summed E-state index contributed by atoms with van der Waals surface area (Å²) in [6, 6.07) is 5.99. The van der Waals surface area contributed by atoms with E-state index in [1.54, 1.807) is 23.7 Å². The predicted octanol–water partition coefficient (Wildman–Crippen LogP) is 5.59. The standard InChI is InChI=1S/C28H30F5N3O4/c1-39-19-2-3-24-20(14-19)25(17(15-29)16-34-24)21(31)4-5-28(27(37)35-38)6-8-36(9-7-28)10-11-40-26-22(32)12-18(30)13-23(26)33/h2-3,12-14,16,21,38H,4-11,15H2,1H3,(H,35,37). The van der Waals surface area contributed by atoms with E-state index >= 15 is 4.39 Å². The molecule has 1 unspecified atom stereocenters. The minimum atomic E-state index is -1.61. The van der Waals surface area contributed by atoms with Crippen LogP contribution in [0.5, 0.6) is 11.5 Å². The smallest absolute Gasteiger partial charge is 0.249 e. The van der Waals surface area contributed by atoms with Crippen LogP contribution in [0.3, 0.4) is 0 Å². The number of fused-ring (bicyclic) bond motifs is 1. The number of ether oxygens (including phenoxy) is 2. The third kappa shape index (κ3) is 6.28. The highest BCUT2D eigenvalue weighted by Gasteiger charge is 2.41. The summed E-state index contributed by atoms with van der Waals surface area (Å²) in [4.78, 5) is 18.8. The number of likely N-dealkylation sites (tertiary alicyclic amines) is 1. The first-order valence-corrected chi connectivity index (χ1v) is 12.8. The summed E-state index contributed by atoms with van der Waals surface area (Å²) in [6.45, 7) is 0.000704. The van der Waals surface area contributed by atoms with Gasteiger partial charge in [-0.1, -0.05) is 0 Å². The van der Waals surface area contributed by atoms with E-state index in [9.17, 15) is 27.6 Å². The van der Waals surface area contributed by atoms with Gasteiger partial charge in [-0.25, -0.2) is 27.4 Å². The number of alkyl halides is 2. The molecular formula is C28H30F5N3O4. The van der Waals surface area contributed by atoms with Crippen molar-refractivity contribution in [2.75, 3.05) is 33.4 Å². The topological polar surface area (TPSA) is 83.9 Å². The van der Waals surface area contributed by atoms with E-state index in [4.69, 9.17) is 9.47 Å². The number of amides is 1. The van der Waals surface area contributed by atoms with Gasteiger partial charge >= 0.3 is 0 Å². The second kappa shape index (κ2) is 12.8. The SMILES string of the molecule is COc1ccc2ncc(CF)c(C(F)CCC3(C(=O)NO)CCN(CCOc4c(F)cc(F)cc4F)CC3)c2c1. The molecule has 1 aliphatic rings. The second-order valence-electron chi connectivity index (χ2n) is 9.83. The normalized spacial score (nSPS) is 16.1. The van der Waals surface area contributed by atoms with E-state index in [1.165, 1.54) is 13.3 Å². The summed E-state index contributed by atoms with van der Waals surface area (Å²) in [5.74, 6) is -4.19. The molecule has 0 aliphatic carbocycles. The second-order valence-corrected chi connectivity index (χ2v) is 9.83. The van der Waals surface area contributed by atoms with Gasteiger partial charge in [0, 0.05) is 41.4 Å². The maximum atomic E-state index is 15.8. The molecule has 0 spiro atoms. The van der Waals surface area contributed by atoms with E-state index in [1.807, 2.05) is 4.90 Å². The molecule has 0 bridgehead atoms. The Labute approximate surface area is 227 Å².